The van der Waals surface area contributed by atoms with Crippen LogP contribution in [0.25, 0.3) is 0 Å². The molecule has 4 rings (SSSR count). The molecule has 2 nitrogen and oxygen atoms in total. The van der Waals surface area contributed by atoms with Crippen molar-refractivity contribution in [2.45, 2.75) is 18.9 Å². The molecule has 0 amide bonds. The van der Waals surface area contributed by atoms with Crippen LogP contribution in [0.3, 0.4) is 0 Å². The fourth-order valence-corrected chi connectivity index (χ4v) is 3.32. The average Bonchev–Trinajstić information content (AvgIpc) is 2.29. The number of piperidine rings is 3. The first kappa shape index (κ1) is 11.6. The van der Waals surface area contributed by atoms with Gasteiger partial charge in [-0.05, 0) is 50.0 Å². The zero-order chi connectivity index (χ0) is 11.8. The van der Waals surface area contributed by atoms with Gasteiger partial charge in [-0.25, -0.2) is 0 Å². The van der Waals surface area contributed by atoms with E-state index in [9.17, 15) is 0 Å². The van der Waals surface area contributed by atoms with Crippen molar-refractivity contribution in [1.82, 2.24) is 4.90 Å². The summed E-state index contributed by atoms with van der Waals surface area (Å²) >= 11 is 11.9. The van der Waals surface area contributed by atoms with Gasteiger partial charge in [0.2, 0.25) is 0 Å². The van der Waals surface area contributed by atoms with Crippen molar-refractivity contribution >= 4 is 23.2 Å². The van der Waals surface area contributed by atoms with Crippen molar-refractivity contribution in [3.63, 3.8) is 0 Å². The van der Waals surface area contributed by atoms with Gasteiger partial charge >= 0.3 is 0 Å². The molecule has 0 radical (unpaired) electrons. The number of nitrogens with zero attached hydrogens (tertiary/aromatic N) is 1. The standard InChI is InChI=1S/C13H15Cl2NO/c14-10-5-11(15)7-12(6-10)17-13-8-16-3-1-9(13)2-4-16/h5-7,9,13H,1-4,8H2/t13-/m0/s1. The molecule has 3 aliphatic heterocycles. The van der Waals surface area contributed by atoms with E-state index in [-0.39, 0.29) is 0 Å². The summed E-state index contributed by atoms with van der Waals surface area (Å²) in [4.78, 5) is 2.47. The first-order valence-electron chi connectivity index (χ1n) is 6.06. The Morgan fingerprint density at radius 1 is 1.06 bits per heavy atom. The molecule has 1 aromatic rings. The van der Waals surface area contributed by atoms with Crippen LogP contribution >= 0.6 is 23.2 Å². The molecular formula is C13H15Cl2NO. The molecule has 0 aliphatic carbocycles. The van der Waals surface area contributed by atoms with Crippen LogP contribution in [0.15, 0.2) is 18.2 Å². The predicted octanol–water partition coefficient (Wildman–Crippen LogP) is 3.47. The van der Waals surface area contributed by atoms with Crippen LogP contribution in [0.2, 0.25) is 10.0 Å². The first-order chi connectivity index (χ1) is 8.20. The molecule has 4 heteroatoms. The Morgan fingerprint density at radius 2 is 1.71 bits per heavy atom. The molecular weight excluding hydrogens is 257 g/mol. The van der Waals surface area contributed by atoms with Crippen LogP contribution in [0.1, 0.15) is 12.8 Å². The minimum atomic E-state index is 0.298. The minimum Gasteiger partial charge on any atom is -0.489 e. The van der Waals surface area contributed by atoms with Crippen LogP contribution in [0, 0.1) is 5.92 Å². The lowest BCUT2D eigenvalue weighted by Gasteiger charge is -2.44. The van der Waals surface area contributed by atoms with Gasteiger partial charge in [0.05, 0.1) is 0 Å². The molecule has 0 aromatic heterocycles. The minimum absolute atomic E-state index is 0.298. The second-order valence-corrected chi connectivity index (χ2v) is 5.77. The number of hydrogen-bond acceptors (Lipinski definition) is 2. The van der Waals surface area contributed by atoms with E-state index in [4.69, 9.17) is 27.9 Å². The van der Waals surface area contributed by atoms with Gasteiger partial charge in [0.15, 0.2) is 0 Å². The Hall–Kier alpha value is -0.440. The van der Waals surface area contributed by atoms with Crippen LogP contribution in [-0.2, 0) is 0 Å². The molecule has 2 bridgehead atoms. The number of halogens is 2. The topological polar surface area (TPSA) is 12.5 Å². The summed E-state index contributed by atoms with van der Waals surface area (Å²) in [6.07, 6.45) is 2.80. The summed E-state index contributed by atoms with van der Waals surface area (Å²) in [6, 6.07) is 5.41. The maximum absolute atomic E-state index is 6.04. The van der Waals surface area contributed by atoms with E-state index in [1.807, 2.05) is 12.1 Å². The lowest BCUT2D eigenvalue weighted by atomic mass is 9.86. The van der Waals surface area contributed by atoms with Crippen LogP contribution in [0.4, 0.5) is 0 Å². The Labute approximate surface area is 111 Å². The van der Waals surface area contributed by atoms with E-state index in [0.717, 1.165) is 12.3 Å². The molecule has 0 unspecified atom stereocenters. The lowest BCUT2D eigenvalue weighted by molar-refractivity contribution is -0.00774. The summed E-state index contributed by atoms with van der Waals surface area (Å²) in [6.45, 7) is 3.48. The third kappa shape index (κ3) is 2.54. The number of ether oxygens (including phenoxy) is 1. The van der Waals surface area contributed by atoms with Gasteiger partial charge in [-0.2, -0.15) is 0 Å². The maximum atomic E-state index is 6.04. The van der Waals surface area contributed by atoms with Crippen molar-refractivity contribution in [2.24, 2.45) is 5.92 Å². The normalized spacial score (nSPS) is 31.5. The van der Waals surface area contributed by atoms with E-state index in [2.05, 4.69) is 4.90 Å². The monoisotopic (exact) mass is 271 g/mol. The van der Waals surface area contributed by atoms with Gasteiger partial charge in [0, 0.05) is 16.6 Å². The fourth-order valence-electron chi connectivity index (χ4n) is 2.82. The molecule has 0 spiro atoms. The second kappa shape index (κ2) is 4.68. The predicted molar refractivity (Wildman–Crippen MR) is 70.0 cm³/mol. The molecule has 3 aliphatic rings. The van der Waals surface area contributed by atoms with Gasteiger partial charge in [-0.1, -0.05) is 23.2 Å². The fraction of sp³-hybridized carbons (Fsp3) is 0.538. The molecule has 3 saturated heterocycles. The third-order valence-corrected chi connectivity index (χ3v) is 4.16. The van der Waals surface area contributed by atoms with Crippen molar-refractivity contribution in [1.29, 1.82) is 0 Å². The first-order valence-corrected chi connectivity index (χ1v) is 6.81. The Kier molecular flexibility index (Phi) is 3.20. The molecule has 92 valence electrons. The van der Waals surface area contributed by atoms with Crippen LogP contribution in [0.5, 0.6) is 5.75 Å². The SMILES string of the molecule is Clc1cc(Cl)cc(O[C@H]2CN3CCC2CC3)c1. The van der Waals surface area contributed by atoms with Crippen molar-refractivity contribution in [3.8, 4) is 5.75 Å². The molecule has 17 heavy (non-hydrogen) atoms. The molecule has 0 saturated carbocycles. The van der Waals surface area contributed by atoms with E-state index in [1.54, 1.807) is 6.07 Å². The van der Waals surface area contributed by atoms with Gasteiger partial charge in [-0.3, -0.25) is 4.90 Å². The van der Waals surface area contributed by atoms with Crippen molar-refractivity contribution in [3.05, 3.63) is 28.2 Å². The highest BCUT2D eigenvalue weighted by atomic mass is 35.5. The highest BCUT2D eigenvalue weighted by Gasteiger charge is 2.35. The highest BCUT2D eigenvalue weighted by Crippen LogP contribution is 2.32. The Morgan fingerprint density at radius 3 is 2.24 bits per heavy atom. The van der Waals surface area contributed by atoms with Crippen molar-refractivity contribution < 1.29 is 4.74 Å². The number of benzene rings is 1. The summed E-state index contributed by atoms with van der Waals surface area (Å²) in [5, 5.41) is 1.27. The second-order valence-electron chi connectivity index (χ2n) is 4.90. The average molecular weight is 272 g/mol. The zero-order valence-corrected chi connectivity index (χ0v) is 11.0. The number of rotatable bonds is 2. The highest BCUT2D eigenvalue weighted by molar-refractivity contribution is 6.34. The third-order valence-electron chi connectivity index (χ3n) is 3.72. The Bertz CT molecular complexity index is 396. The summed E-state index contributed by atoms with van der Waals surface area (Å²) in [7, 11) is 0. The van der Waals surface area contributed by atoms with E-state index in [0.29, 0.717) is 22.1 Å². The van der Waals surface area contributed by atoms with Gasteiger partial charge in [0.25, 0.3) is 0 Å². The van der Waals surface area contributed by atoms with Crippen LogP contribution < -0.4 is 4.74 Å². The Balaban J connectivity index is 1.74. The number of fused-ring (bicyclic) bond motifs is 3. The summed E-state index contributed by atoms with van der Waals surface area (Å²) in [5.41, 5.74) is 0. The summed E-state index contributed by atoms with van der Waals surface area (Å²) in [5.74, 6) is 1.49. The van der Waals surface area contributed by atoms with E-state index >= 15 is 0 Å². The lowest BCUT2D eigenvalue weighted by Crippen LogP contribution is -2.52. The molecule has 3 heterocycles. The number of hydrogen-bond donors (Lipinski definition) is 0. The van der Waals surface area contributed by atoms with Gasteiger partial charge in [0.1, 0.15) is 11.9 Å². The molecule has 0 N–H and O–H groups in total. The van der Waals surface area contributed by atoms with E-state index in [1.165, 1.54) is 25.9 Å². The smallest absolute Gasteiger partial charge is 0.122 e. The van der Waals surface area contributed by atoms with Gasteiger partial charge in [-0.15, -0.1) is 0 Å². The molecule has 1 aromatic carbocycles. The maximum Gasteiger partial charge on any atom is 0.122 e. The van der Waals surface area contributed by atoms with Crippen molar-refractivity contribution in [2.75, 3.05) is 19.6 Å². The molecule has 1 atom stereocenters. The summed E-state index contributed by atoms with van der Waals surface area (Å²) < 4.78 is 6.04. The molecule has 3 fully saturated rings. The zero-order valence-electron chi connectivity index (χ0n) is 9.53. The largest absolute Gasteiger partial charge is 0.489 e. The van der Waals surface area contributed by atoms with Crippen LogP contribution in [-0.4, -0.2) is 30.6 Å². The van der Waals surface area contributed by atoms with Gasteiger partial charge < -0.3 is 4.74 Å². The quantitative estimate of drug-likeness (QED) is 0.817. The van der Waals surface area contributed by atoms with E-state index < -0.39 is 0 Å².